The third-order valence-electron chi connectivity index (χ3n) is 3.10. The number of rotatable bonds is 4. The van der Waals surface area contributed by atoms with Crippen LogP contribution in [0.4, 0.5) is 0 Å². The molecule has 0 aliphatic carbocycles. The summed E-state index contributed by atoms with van der Waals surface area (Å²) in [6.45, 7) is 5.45. The Hall–Kier alpha value is -1.13. The lowest BCUT2D eigenvalue weighted by Gasteiger charge is -2.21. The monoisotopic (exact) mass is 337 g/mol. The molecule has 0 saturated carbocycles. The SMILES string of the molecule is CCN(Cc1ccccc1C)C(=O)c1sccc1Br. The lowest BCUT2D eigenvalue weighted by Crippen LogP contribution is -2.30. The van der Waals surface area contributed by atoms with Crippen LogP contribution in [0.25, 0.3) is 0 Å². The van der Waals surface area contributed by atoms with Gasteiger partial charge in [-0.15, -0.1) is 11.3 Å². The van der Waals surface area contributed by atoms with Crippen LogP contribution in [-0.2, 0) is 6.54 Å². The summed E-state index contributed by atoms with van der Waals surface area (Å²) in [4.78, 5) is 15.1. The van der Waals surface area contributed by atoms with Gasteiger partial charge in [0.2, 0.25) is 0 Å². The Morgan fingerprint density at radius 1 is 1.32 bits per heavy atom. The second-order valence-electron chi connectivity index (χ2n) is 4.34. The lowest BCUT2D eigenvalue weighted by atomic mass is 10.1. The maximum absolute atomic E-state index is 12.5. The summed E-state index contributed by atoms with van der Waals surface area (Å²) in [7, 11) is 0. The number of aryl methyl sites for hydroxylation is 1. The summed E-state index contributed by atoms with van der Waals surface area (Å²) in [5, 5.41) is 1.93. The van der Waals surface area contributed by atoms with Crippen LogP contribution in [0.1, 0.15) is 27.7 Å². The van der Waals surface area contributed by atoms with Gasteiger partial charge < -0.3 is 4.90 Å². The minimum absolute atomic E-state index is 0.0904. The quantitative estimate of drug-likeness (QED) is 0.805. The summed E-state index contributed by atoms with van der Waals surface area (Å²) in [5.74, 6) is 0.0904. The Labute approximate surface area is 126 Å². The molecule has 2 aromatic rings. The molecule has 2 nitrogen and oxygen atoms in total. The molecule has 100 valence electrons. The molecule has 1 aromatic heterocycles. The number of hydrogen-bond acceptors (Lipinski definition) is 2. The van der Waals surface area contributed by atoms with Gasteiger partial charge in [0.05, 0.1) is 0 Å². The van der Waals surface area contributed by atoms with Gasteiger partial charge in [-0.2, -0.15) is 0 Å². The van der Waals surface area contributed by atoms with E-state index in [2.05, 4.69) is 35.0 Å². The zero-order valence-electron chi connectivity index (χ0n) is 11.0. The van der Waals surface area contributed by atoms with E-state index >= 15 is 0 Å². The van der Waals surface area contributed by atoms with Crippen molar-refractivity contribution < 1.29 is 4.79 Å². The minimum Gasteiger partial charge on any atom is -0.334 e. The highest BCUT2D eigenvalue weighted by molar-refractivity contribution is 9.10. The van der Waals surface area contributed by atoms with Crippen LogP contribution in [-0.4, -0.2) is 17.4 Å². The van der Waals surface area contributed by atoms with Gasteiger partial charge in [0.1, 0.15) is 4.88 Å². The summed E-state index contributed by atoms with van der Waals surface area (Å²) < 4.78 is 0.880. The van der Waals surface area contributed by atoms with Gasteiger partial charge in [-0.3, -0.25) is 4.79 Å². The second-order valence-corrected chi connectivity index (χ2v) is 6.11. The van der Waals surface area contributed by atoms with Crippen molar-refractivity contribution in [2.75, 3.05) is 6.54 Å². The van der Waals surface area contributed by atoms with Crippen molar-refractivity contribution in [1.82, 2.24) is 4.90 Å². The molecule has 1 aromatic carbocycles. The van der Waals surface area contributed by atoms with Gasteiger partial charge >= 0.3 is 0 Å². The van der Waals surface area contributed by atoms with E-state index in [1.165, 1.54) is 22.5 Å². The third-order valence-corrected chi connectivity index (χ3v) is 4.93. The highest BCUT2D eigenvalue weighted by atomic mass is 79.9. The predicted molar refractivity (Wildman–Crippen MR) is 83.6 cm³/mol. The fourth-order valence-electron chi connectivity index (χ4n) is 1.91. The van der Waals surface area contributed by atoms with E-state index < -0.39 is 0 Å². The Morgan fingerprint density at radius 2 is 2.05 bits per heavy atom. The molecule has 0 aliphatic heterocycles. The predicted octanol–water partition coefficient (Wildman–Crippen LogP) is 4.48. The number of thiophene rings is 1. The summed E-state index contributed by atoms with van der Waals surface area (Å²) in [6.07, 6.45) is 0. The van der Waals surface area contributed by atoms with Crippen LogP contribution >= 0.6 is 27.3 Å². The maximum Gasteiger partial charge on any atom is 0.265 e. The fourth-order valence-corrected chi connectivity index (χ4v) is 3.42. The normalized spacial score (nSPS) is 10.5. The maximum atomic E-state index is 12.5. The van der Waals surface area contributed by atoms with Crippen LogP contribution in [0.15, 0.2) is 40.2 Å². The van der Waals surface area contributed by atoms with Crippen LogP contribution < -0.4 is 0 Å². The number of halogens is 1. The van der Waals surface area contributed by atoms with E-state index in [9.17, 15) is 4.79 Å². The molecule has 1 amide bonds. The zero-order chi connectivity index (χ0) is 13.8. The van der Waals surface area contributed by atoms with E-state index in [-0.39, 0.29) is 5.91 Å². The summed E-state index contributed by atoms with van der Waals surface area (Å²) in [5.41, 5.74) is 2.42. The smallest absolute Gasteiger partial charge is 0.265 e. The first-order valence-corrected chi connectivity index (χ1v) is 7.87. The number of carbonyl (C=O) groups is 1. The Balaban J connectivity index is 2.20. The highest BCUT2D eigenvalue weighted by Gasteiger charge is 2.18. The Kier molecular flexibility index (Phi) is 4.77. The van der Waals surface area contributed by atoms with Gasteiger partial charge in [0, 0.05) is 17.6 Å². The van der Waals surface area contributed by atoms with E-state index in [1.807, 2.05) is 35.4 Å². The lowest BCUT2D eigenvalue weighted by molar-refractivity contribution is 0.0756. The molecule has 2 rings (SSSR count). The Bertz CT molecular complexity index is 579. The number of benzene rings is 1. The van der Waals surface area contributed by atoms with Crippen molar-refractivity contribution in [3.05, 3.63) is 56.2 Å². The Morgan fingerprint density at radius 3 is 2.63 bits per heavy atom. The average Bonchev–Trinajstić information content (AvgIpc) is 2.83. The van der Waals surface area contributed by atoms with Crippen molar-refractivity contribution in [3.8, 4) is 0 Å². The topological polar surface area (TPSA) is 20.3 Å². The van der Waals surface area contributed by atoms with Crippen LogP contribution in [0, 0.1) is 6.92 Å². The molecular weight excluding hydrogens is 322 g/mol. The molecule has 0 saturated heterocycles. The molecule has 0 bridgehead atoms. The molecule has 0 aliphatic rings. The molecule has 0 unspecified atom stereocenters. The molecule has 4 heteroatoms. The summed E-state index contributed by atoms with van der Waals surface area (Å²) in [6, 6.07) is 10.1. The number of nitrogens with zero attached hydrogens (tertiary/aromatic N) is 1. The van der Waals surface area contributed by atoms with Gasteiger partial charge in [-0.1, -0.05) is 24.3 Å². The van der Waals surface area contributed by atoms with Crippen LogP contribution in [0.2, 0.25) is 0 Å². The fraction of sp³-hybridized carbons (Fsp3) is 0.267. The first kappa shape index (κ1) is 14.3. The van der Waals surface area contributed by atoms with Crippen molar-refractivity contribution in [1.29, 1.82) is 0 Å². The molecule has 0 N–H and O–H groups in total. The van der Waals surface area contributed by atoms with Crippen molar-refractivity contribution in [3.63, 3.8) is 0 Å². The van der Waals surface area contributed by atoms with Gasteiger partial charge in [0.25, 0.3) is 5.91 Å². The second kappa shape index (κ2) is 6.35. The third kappa shape index (κ3) is 3.25. The first-order valence-electron chi connectivity index (χ1n) is 6.20. The number of hydrogen-bond donors (Lipinski definition) is 0. The van der Waals surface area contributed by atoms with Crippen LogP contribution in [0.5, 0.6) is 0 Å². The molecule has 0 atom stereocenters. The number of amides is 1. The summed E-state index contributed by atoms with van der Waals surface area (Å²) >= 11 is 4.91. The van der Waals surface area contributed by atoms with Gasteiger partial charge in [-0.25, -0.2) is 0 Å². The molecule has 19 heavy (non-hydrogen) atoms. The van der Waals surface area contributed by atoms with E-state index in [4.69, 9.17) is 0 Å². The standard InChI is InChI=1S/C15H16BrNOS/c1-3-17(10-12-7-5-4-6-11(12)2)15(18)14-13(16)8-9-19-14/h4-9H,3,10H2,1-2H3. The van der Waals surface area contributed by atoms with E-state index in [1.54, 1.807) is 0 Å². The van der Waals surface area contributed by atoms with Crippen molar-refractivity contribution in [2.45, 2.75) is 20.4 Å². The number of carbonyl (C=O) groups excluding carboxylic acids is 1. The minimum atomic E-state index is 0.0904. The average molecular weight is 338 g/mol. The highest BCUT2D eigenvalue weighted by Crippen LogP contribution is 2.25. The first-order chi connectivity index (χ1) is 9.13. The van der Waals surface area contributed by atoms with E-state index in [0.29, 0.717) is 13.1 Å². The van der Waals surface area contributed by atoms with E-state index in [0.717, 1.165) is 9.35 Å². The molecule has 0 radical (unpaired) electrons. The van der Waals surface area contributed by atoms with Crippen molar-refractivity contribution >= 4 is 33.2 Å². The van der Waals surface area contributed by atoms with Crippen LogP contribution in [0.3, 0.4) is 0 Å². The van der Waals surface area contributed by atoms with Gasteiger partial charge in [-0.05, 0) is 52.4 Å². The molecule has 1 heterocycles. The van der Waals surface area contributed by atoms with Gasteiger partial charge in [0.15, 0.2) is 0 Å². The largest absolute Gasteiger partial charge is 0.334 e. The van der Waals surface area contributed by atoms with Crippen molar-refractivity contribution in [2.24, 2.45) is 0 Å². The molecular formula is C15H16BrNOS. The molecule has 0 spiro atoms. The molecule has 0 fully saturated rings. The zero-order valence-corrected chi connectivity index (χ0v) is 13.4.